The van der Waals surface area contributed by atoms with E-state index in [0.717, 1.165) is 12.0 Å². The molecule has 0 saturated carbocycles. The summed E-state index contributed by atoms with van der Waals surface area (Å²) in [7, 11) is 1.47. The van der Waals surface area contributed by atoms with Crippen molar-refractivity contribution in [3.05, 3.63) is 59.2 Å². The van der Waals surface area contributed by atoms with Gasteiger partial charge in [-0.3, -0.25) is 4.79 Å². The van der Waals surface area contributed by atoms with Crippen LogP contribution in [0.5, 0.6) is 11.5 Å². The standard InChI is InChI=1S/C17H19NO3/c1-3-12-4-6-13(7-5-12)11-18-17(20)14-8-9-16(21-2)15(19)10-14/h4-10,19H,3,11H2,1-2H3,(H,18,20). The van der Waals surface area contributed by atoms with Crippen LogP contribution in [0.1, 0.15) is 28.4 Å². The molecule has 110 valence electrons. The van der Waals surface area contributed by atoms with Crippen molar-refractivity contribution in [2.75, 3.05) is 7.11 Å². The van der Waals surface area contributed by atoms with Gasteiger partial charge in [0.2, 0.25) is 0 Å². The highest BCUT2D eigenvalue weighted by Crippen LogP contribution is 2.26. The Morgan fingerprint density at radius 2 is 1.81 bits per heavy atom. The van der Waals surface area contributed by atoms with E-state index in [0.29, 0.717) is 17.9 Å². The molecule has 4 nitrogen and oxygen atoms in total. The maximum Gasteiger partial charge on any atom is 0.251 e. The zero-order chi connectivity index (χ0) is 15.2. The lowest BCUT2D eigenvalue weighted by molar-refractivity contribution is 0.0950. The zero-order valence-corrected chi connectivity index (χ0v) is 12.2. The normalized spacial score (nSPS) is 10.2. The Morgan fingerprint density at radius 3 is 2.38 bits per heavy atom. The minimum atomic E-state index is -0.229. The number of ether oxygens (including phenoxy) is 1. The summed E-state index contributed by atoms with van der Waals surface area (Å²) in [5.74, 6) is 0.0756. The predicted molar refractivity (Wildman–Crippen MR) is 81.6 cm³/mol. The van der Waals surface area contributed by atoms with Gasteiger partial charge < -0.3 is 15.2 Å². The second-order valence-corrected chi connectivity index (χ2v) is 4.74. The number of phenolic OH excluding ortho intramolecular Hbond substituents is 1. The molecule has 0 aliphatic rings. The molecule has 0 fully saturated rings. The van der Waals surface area contributed by atoms with E-state index in [4.69, 9.17) is 4.74 Å². The minimum Gasteiger partial charge on any atom is -0.504 e. The number of amides is 1. The van der Waals surface area contributed by atoms with Gasteiger partial charge in [0.25, 0.3) is 5.91 Å². The van der Waals surface area contributed by atoms with Crippen LogP contribution >= 0.6 is 0 Å². The molecule has 0 saturated heterocycles. The highest BCUT2D eigenvalue weighted by molar-refractivity contribution is 5.94. The van der Waals surface area contributed by atoms with Gasteiger partial charge in [-0.15, -0.1) is 0 Å². The highest BCUT2D eigenvalue weighted by Gasteiger charge is 2.09. The Balaban J connectivity index is 1.99. The molecule has 2 rings (SSSR count). The summed E-state index contributed by atoms with van der Waals surface area (Å²) in [5.41, 5.74) is 2.71. The van der Waals surface area contributed by atoms with E-state index >= 15 is 0 Å². The zero-order valence-electron chi connectivity index (χ0n) is 12.2. The van der Waals surface area contributed by atoms with Crippen molar-refractivity contribution < 1.29 is 14.6 Å². The number of phenols is 1. The summed E-state index contributed by atoms with van der Waals surface area (Å²) in [4.78, 5) is 12.0. The van der Waals surface area contributed by atoms with Crippen LogP contribution in [-0.2, 0) is 13.0 Å². The predicted octanol–water partition coefficient (Wildman–Crippen LogP) is 2.89. The van der Waals surface area contributed by atoms with E-state index in [1.807, 2.05) is 12.1 Å². The SMILES string of the molecule is CCc1ccc(CNC(=O)c2ccc(OC)c(O)c2)cc1. The van der Waals surface area contributed by atoms with Gasteiger partial charge in [-0.05, 0) is 35.7 Å². The van der Waals surface area contributed by atoms with Crippen molar-refractivity contribution in [1.29, 1.82) is 0 Å². The monoisotopic (exact) mass is 285 g/mol. The third-order valence-corrected chi connectivity index (χ3v) is 3.33. The van der Waals surface area contributed by atoms with E-state index in [-0.39, 0.29) is 11.7 Å². The number of benzene rings is 2. The van der Waals surface area contributed by atoms with Crippen LogP contribution in [0.25, 0.3) is 0 Å². The van der Waals surface area contributed by atoms with Gasteiger partial charge in [-0.2, -0.15) is 0 Å². The summed E-state index contributed by atoms with van der Waals surface area (Å²) in [5, 5.41) is 12.5. The first-order valence-corrected chi connectivity index (χ1v) is 6.87. The van der Waals surface area contributed by atoms with Crippen LogP contribution in [-0.4, -0.2) is 18.1 Å². The maximum atomic E-state index is 12.0. The molecule has 0 radical (unpaired) electrons. The fourth-order valence-electron chi connectivity index (χ4n) is 2.01. The molecule has 0 bridgehead atoms. The Kier molecular flexibility index (Phi) is 4.82. The summed E-state index contributed by atoms with van der Waals surface area (Å²) in [6.45, 7) is 2.56. The molecule has 0 unspecified atom stereocenters. The molecule has 2 aromatic rings. The Labute approximate surface area is 124 Å². The number of carbonyl (C=O) groups is 1. The van der Waals surface area contributed by atoms with Crippen LogP contribution in [0.3, 0.4) is 0 Å². The molecule has 0 spiro atoms. The molecular weight excluding hydrogens is 266 g/mol. The molecule has 0 aromatic heterocycles. The molecule has 2 aromatic carbocycles. The number of aromatic hydroxyl groups is 1. The lowest BCUT2D eigenvalue weighted by Gasteiger charge is -2.08. The third kappa shape index (κ3) is 3.75. The largest absolute Gasteiger partial charge is 0.504 e. The van der Waals surface area contributed by atoms with Crippen molar-refractivity contribution >= 4 is 5.91 Å². The van der Waals surface area contributed by atoms with Gasteiger partial charge >= 0.3 is 0 Å². The van der Waals surface area contributed by atoms with Gasteiger partial charge in [-0.25, -0.2) is 0 Å². The molecule has 0 aliphatic heterocycles. The molecular formula is C17H19NO3. The molecule has 4 heteroatoms. The summed E-state index contributed by atoms with van der Waals surface area (Å²) in [6, 6.07) is 12.7. The van der Waals surface area contributed by atoms with Gasteiger partial charge in [-0.1, -0.05) is 31.2 Å². The number of hydrogen-bond donors (Lipinski definition) is 2. The second kappa shape index (κ2) is 6.79. The lowest BCUT2D eigenvalue weighted by Crippen LogP contribution is -2.22. The molecule has 1 amide bonds. The first-order chi connectivity index (χ1) is 10.1. The molecule has 2 N–H and O–H groups in total. The van der Waals surface area contributed by atoms with E-state index < -0.39 is 0 Å². The van der Waals surface area contributed by atoms with Crippen molar-refractivity contribution in [3.63, 3.8) is 0 Å². The quantitative estimate of drug-likeness (QED) is 0.888. The van der Waals surface area contributed by atoms with Crippen molar-refractivity contribution in [1.82, 2.24) is 5.32 Å². The highest BCUT2D eigenvalue weighted by atomic mass is 16.5. The van der Waals surface area contributed by atoms with Gasteiger partial charge in [0, 0.05) is 12.1 Å². The number of rotatable bonds is 5. The first kappa shape index (κ1) is 14.9. The summed E-state index contributed by atoms with van der Waals surface area (Å²) >= 11 is 0. The smallest absolute Gasteiger partial charge is 0.251 e. The van der Waals surface area contributed by atoms with Crippen LogP contribution in [0.15, 0.2) is 42.5 Å². The number of nitrogens with one attached hydrogen (secondary N) is 1. The van der Waals surface area contributed by atoms with Crippen molar-refractivity contribution in [3.8, 4) is 11.5 Å². The molecule has 0 atom stereocenters. The average Bonchev–Trinajstić information content (AvgIpc) is 2.53. The number of methoxy groups -OCH3 is 1. The first-order valence-electron chi connectivity index (χ1n) is 6.87. The number of hydrogen-bond acceptors (Lipinski definition) is 3. The van der Waals surface area contributed by atoms with E-state index in [2.05, 4.69) is 24.4 Å². The Morgan fingerprint density at radius 1 is 1.14 bits per heavy atom. The number of aryl methyl sites for hydroxylation is 1. The van der Waals surface area contributed by atoms with Crippen molar-refractivity contribution in [2.45, 2.75) is 19.9 Å². The van der Waals surface area contributed by atoms with E-state index in [1.54, 1.807) is 12.1 Å². The van der Waals surface area contributed by atoms with E-state index in [1.165, 1.54) is 18.7 Å². The van der Waals surface area contributed by atoms with E-state index in [9.17, 15) is 9.90 Å². The number of carbonyl (C=O) groups excluding carboxylic acids is 1. The Bertz CT molecular complexity index is 620. The van der Waals surface area contributed by atoms with Gasteiger partial charge in [0.05, 0.1) is 7.11 Å². The van der Waals surface area contributed by atoms with Gasteiger partial charge in [0.1, 0.15) is 0 Å². The average molecular weight is 285 g/mol. The minimum absolute atomic E-state index is 0.0440. The van der Waals surface area contributed by atoms with Crippen molar-refractivity contribution in [2.24, 2.45) is 0 Å². The molecule has 0 heterocycles. The van der Waals surface area contributed by atoms with Crippen LogP contribution < -0.4 is 10.1 Å². The fraction of sp³-hybridized carbons (Fsp3) is 0.235. The molecule has 0 aliphatic carbocycles. The third-order valence-electron chi connectivity index (χ3n) is 3.33. The molecule has 21 heavy (non-hydrogen) atoms. The lowest BCUT2D eigenvalue weighted by atomic mass is 10.1. The second-order valence-electron chi connectivity index (χ2n) is 4.74. The van der Waals surface area contributed by atoms with Crippen LogP contribution in [0.4, 0.5) is 0 Å². The topological polar surface area (TPSA) is 58.6 Å². The van der Waals surface area contributed by atoms with Crippen LogP contribution in [0.2, 0.25) is 0 Å². The summed E-state index contributed by atoms with van der Waals surface area (Å²) < 4.78 is 4.95. The Hall–Kier alpha value is -2.49. The van der Waals surface area contributed by atoms with Crippen LogP contribution in [0, 0.1) is 0 Å². The fourth-order valence-corrected chi connectivity index (χ4v) is 2.01. The maximum absolute atomic E-state index is 12.0. The van der Waals surface area contributed by atoms with Gasteiger partial charge in [0.15, 0.2) is 11.5 Å². The summed E-state index contributed by atoms with van der Waals surface area (Å²) in [6.07, 6.45) is 0.998.